The topological polar surface area (TPSA) is 69.6 Å². The van der Waals surface area contributed by atoms with Gasteiger partial charge < -0.3 is 10.3 Å². The van der Waals surface area contributed by atoms with E-state index in [2.05, 4.69) is 39.6 Å². The van der Waals surface area contributed by atoms with Gasteiger partial charge >= 0.3 is 0 Å². The molecule has 0 unspecified atom stereocenters. The lowest BCUT2D eigenvalue weighted by atomic mass is 10.1. The summed E-state index contributed by atoms with van der Waals surface area (Å²) in [5, 5.41) is 1.13. The summed E-state index contributed by atoms with van der Waals surface area (Å²) in [6.45, 7) is 4.29. The van der Waals surface area contributed by atoms with Crippen molar-refractivity contribution in [3.8, 4) is 11.3 Å². The van der Waals surface area contributed by atoms with Crippen LogP contribution in [0, 0.1) is 0 Å². The zero-order valence-electron chi connectivity index (χ0n) is 10.9. The molecule has 0 aliphatic rings. The number of aromatic nitrogens is 4. The second-order valence-corrected chi connectivity index (χ2v) is 4.74. The quantitative estimate of drug-likeness (QED) is 0.762. The average molecular weight is 253 g/mol. The Morgan fingerprint density at radius 3 is 2.79 bits per heavy atom. The van der Waals surface area contributed by atoms with Gasteiger partial charge in [-0.1, -0.05) is 0 Å². The first-order valence-electron chi connectivity index (χ1n) is 6.20. The van der Waals surface area contributed by atoms with Crippen LogP contribution in [0.2, 0.25) is 0 Å². The fourth-order valence-electron chi connectivity index (χ4n) is 2.25. The summed E-state index contributed by atoms with van der Waals surface area (Å²) in [4.78, 5) is 12.4. The normalized spacial score (nSPS) is 11.3. The van der Waals surface area contributed by atoms with Crippen LogP contribution in [0.25, 0.3) is 22.2 Å². The van der Waals surface area contributed by atoms with Crippen molar-refractivity contribution in [1.29, 1.82) is 0 Å². The first kappa shape index (κ1) is 11.6. The smallest absolute Gasteiger partial charge is 0.220 e. The minimum absolute atomic E-state index is 0.289. The molecule has 3 heterocycles. The summed E-state index contributed by atoms with van der Waals surface area (Å²) in [5.41, 5.74) is 8.66. The van der Waals surface area contributed by atoms with E-state index in [0.717, 1.165) is 22.2 Å². The van der Waals surface area contributed by atoms with E-state index in [9.17, 15) is 0 Å². The first-order valence-corrected chi connectivity index (χ1v) is 6.20. The van der Waals surface area contributed by atoms with Crippen LogP contribution in [-0.4, -0.2) is 19.5 Å². The maximum Gasteiger partial charge on any atom is 0.220 e. The van der Waals surface area contributed by atoms with Gasteiger partial charge in [0.2, 0.25) is 5.95 Å². The molecule has 3 rings (SSSR count). The van der Waals surface area contributed by atoms with Crippen LogP contribution in [0.1, 0.15) is 19.9 Å². The van der Waals surface area contributed by atoms with Gasteiger partial charge in [-0.2, -0.15) is 0 Å². The Kier molecular flexibility index (Phi) is 2.67. The van der Waals surface area contributed by atoms with E-state index in [4.69, 9.17) is 5.73 Å². The molecule has 0 amide bonds. The lowest BCUT2D eigenvalue weighted by Crippen LogP contribution is -1.98. The van der Waals surface area contributed by atoms with Crippen LogP contribution < -0.4 is 5.73 Å². The second kappa shape index (κ2) is 4.35. The molecule has 19 heavy (non-hydrogen) atoms. The van der Waals surface area contributed by atoms with Gasteiger partial charge in [0.1, 0.15) is 0 Å². The summed E-state index contributed by atoms with van der Waals surface area (Å²) in [7, 11) is 0. The van der Waals surface area contributed by atoms with E-state index in [-0.39, 0.29) is 5.95 Å². The standard InChI is InChI=1S/C14H15N5/c1-9(2)19-8-11(10-3-5-16-7-13(10)19)12-4-6-17-14(15)18-12/h3-9H,1-2H3,(H2,15,17,18). The molecule has 0 fully saturated rings. The number of nitrogens with two attached hydrogens (primary N) is 1. The molecule has 0 saturated carbocycles. The molecule has 3 aromatic heterocycles. The molecule has 0 saturated heterocycles. The summed E-state index contributed by atoms with van der Waals surface area (Å²) < 4.78 is 2.19. The van der Waals surface area contributed by atoms with Crippen molar-refractivity contribution in [3.63, 3.8) is 0 Å². The number of nitrogen functional groups attached to an aromatic ring is 1. The highest BCUT2D eigenvalue weighted by Gasteiger charge is 2.13. The van der Waals surface area contributed by atoms with Gasteiger partial charge in [-0.25, -0.2) is 9.97 Å². The van der Waals surface area contributed by atoms with Crippen molar-refractivity contribution in [2.45, 2.75) is 19.9 Å². The van der Waals surface area contributed by atoms with Crippen LogP contribution in [0.3, 0.4) is 0 Å². The Balaban J connectivity index is 2.30. The van der Waals surface area contributed by atoms with Crippen molar-refractivity contribution < 1.29 is 0 Å². The number of hydrogen-bond donors (Lipinski definition) is 1. The zero-order valence-corrected chi connectivity index (χ0v) is 10.9. The molecule has 0 aliphatic heterocycles. The molecule has 5 heteroatoms. The third kappa shape index (κ3) is 1.93. The van der Waals surface area contributed by atoms with Gasteiger partial charge in [0.25, 0.3) is 0 Å². The highest BCUT2D eigenvalue weighted by molar-refractivity contribution is 5.94. The van der Waals surface area contributed by atoms with Crippen molar-refractivity contribution in [2.75, 3.05) is 5.73 Å². The highest BCUT2D eigenvalue weighted by atomic mass is 15.0. The van der Waals surface area contributed by atoms with E-state index in [0.29, 0.717) is 6.04 Å². The van der Waals surface area contributed by atoms with Crippen LogP contribution >= 0.6 is 0 Å². The molecule has 0 spiro atoms. The van der Waals surface area contributed by atoms with Crippen molar-refractivity contribution in [3.05, 3.63) is 36.9 Å². The van der Waals surface area contributed by atoms with Gasteiger partial charge in [-0.3, -0.25) is 4.98 Å². The minimum Gasteiger partial charge on any atom is -0.368 e. The van der Waals surface area contributed by atoms with Crippen molar-refractivity contribution >= 4 is 16.9 Å². The number of rotatable bonds is 2. The predicted molar refractivity (Wildman–Crippen MR) is 75.6 cm³/mol. The fraction of sp³-hybridized carbons (Fsp3) is 0.214. The van der Waals surface area contributed by atoms with Crippen LogP contribution in [0.15, 0.2) is 36.9 Å². The molecular formula is C14H15N5. The van der Waals surface area contributed by atoms with E-state index in [1.54, 1.807) is 12.4 Å². The molecule has 0 bridgehead atoms. The number of nitrogens with zero attached hydrogens (tertiary/aromatic N) is 4. The minimum atomic E-state index is 0.289. The third-order valence-electron chi connectivity index (χ3n) is 3.14. The number of hydrogen-bond acceptors (Lipinski definition) is 4. The summed E-state index contributed by atoms with van der Waals surface area (Å²) >= 11 is 0. The largest absolute Gasteiger partial charge is 0.368 e. The van der Waals surface area contributed by atoms with Crippen LogP contribution in [-0.2, 0) is 0 Å². The summed E-state index contributed by atoms with van der Waals surface area (Å²) in [6.07, 6.45) is 7.45. The average Bonchev–Trinajstić information content (AvgIpc) is 2.78. The molecule has 2 N–H and O–H groups in total. The number of fused-ring (bicyclic) bond motifs is 1. The Bertz CT molecular complexity index is 730. The molecule has 0 aromatic carbocycles. The molecule has 3 aromatic rings. The molecule has 0 atom stereocenters. The van der Waals surface area contributed by atoms with Crippen molar-refractivity contribution in [1.82, 2.24) is 19.5 Å². The van der Waals surface area contributed by atoms with E-state index in [1.165, 1.54) is 0 Å². The summed E-state index contributed by atoms with van der Waals surface area (Å²) in [5.74, 6) is 0.289. The van der Waals surface area contributed by atoms with E-state index < -0.39 is 0 Å². The monoisotopic (exact) mass is 253 g/mol. The number of pyridine rings is 1. The maximum absolute atomic E-state index is 5.67. The summed E-state index contributed by atoms with van der Waals surface area (Å²) in [6, 6.07) is 4.23. The third-order valence-corrected chi connectivity index (χ3v) is 3.14. The Morgan fingerprint density at radius 2 is 2.05 bits per heavy atom. The maximum atomic E-state index is 5.67. The van der Waals surface area contributed by atoms with Crippen LogP contribution in [0.5, 0.6) is 0 Å². The zero-order chi connectivity index (χ0) is 13.4. The molecule has 0 aliphatic carbocycles. The molecule has 5 nitrogen and oxygen atoms in total. The SMILES string of the molecule is CC(C)n1cc(-c2ccnc(N)n2)c2ccncc21. The van der Waals surface area contributed by atoms with E-state index in [1.807, 2.05) is 18.3 Å². The van der Waals surface area contributed by atoms with Gasteiger partial charge in [-0.05, 0) is 26.0 Å². The molecule has 0 radical (unpaired) electrons. The van der Waals surface area contributed by atoms with Gasteiger partial charge in [0.15, 0.2) is 0 Å². The van der Waals surface area contributed by atoms with Gasteiger partial charge in [0, 0.05) is 35.6 Å². The fourth-order valence-corrected chi connectivity index (χ4v) is 2.25. The second-order valence-electron chi connectivity index (χ2n) is 4.74. The number of anilines is 1. The van der Waals surface area contributed by atoms with Crippen molar-refractivity contribution in [2.24, 2.45) is 0 Å². The Hall–Kier alpha value is -2.43. The Labute approximate surface area is 111 Å². The van der Waals surface area contributed by atoms with Gasteiger partial charge in [-0.15, -0.1) is 0 Å². The van der Waals surface area contributed by atoms with E-state index >= 15 is 0 Å². The van der Waals surface area contributed by atoms with Crippen LogP contribution in [0.4, 0.5) is 5.95 Å². The predicted octanol–water partition coefficient (Wildman–Crippen LogP) is 2.66. The lowest BCUT2D eigenvalue weighted by Gasteiger charge is -2.07. The molecule has 96 valence electrons. The first-order chi connectivity index (χ1) is 9.16. The lowest BCUT2D eigenvalue weighted by molar-refractivity contribution is 0.622. The molecular weight excluding hydrogens is 238 g/mol. The Morgan fingerprint density at radius 1 is 1.21 bits per heavy atom. The highest BCUT2D eigenvalue weighted by Crippen LogP contribution is 2.30. The van der Waals surface area contributed by atoms with Gasteiger partial charge in [0.05, 0.1) is 17.4 Å².